The highest BCUT2D eigenvalue weighted by molar-refractivity contribution is 7.17. The molecule has 0 spiro atoms. The van der Waals surface area contributed by atoms with E-state index in [2.05, 4.69) is 29.0 Å². The Hall–Kier alpha value is -2.45. The van der Waals surface area contributed by atoms with Crippen LogP contribution in [0.15, 0.2) is 30.5 Å². The molecule has 1 aliphatic rings. The van der Waals surface area contributed by atoms with Crippen LogP contribution in [-0.4, -0.2) is 23.1 Å². The Morgan fingerprint density at radius 1 is 1.31 bits per heavy atom. The first kappa shape index (κ1) is 19.9. The number of carbonyl (C=O) groups excluding carboxylic acids is 2. The topological polar surface area (TPSA) is 106 Å². The summed E-state index contributed by atoms with van der Waals surface area (Å²) in [5, 5.41) is 6.95. The molecule has 7 nitrogen and oxygen atoms in total. The zero-order valence-electron chi connectivity index (χ0n) is 15.4. The number of fused-ring (bicyclic) bond motifs is 1. The standard InChI is InChI=1S/C18H24N4O3S/c1-7-11(22-20-8-2)15(24)21-16-12(14(19)23)10-9-17(3,4)25-18(5,6)13(10)26-16/h7-8,20H,1-2,9H2,3-6H3,(H2,19,23)(H,21,24)/b22-11+. The van der Waals surface area contributed by atoms with Gasteiger partial charge in [-0.1, -0.05) is 13.2 Å². The van der Waals surface area contributed by atoms with E-state index >= 15 is 0 Å². The molecule has 8 heteroatoms. The van der Waals surface area contributed by atoms with Gasteiger partial charge in [0.2, 0.25) is 0 Å². The third-order valence-electron chi connectivity index (χ3n) is 3.86. The number of rotatable bonds is 6. The summed E-state index contributed by atoms with van der Waals surface area (Å²) in [7, 11) is 0. The predicted molar refractivity (Wildman–Crippen MR) is 104 cm³/mol. The summed E-state index contributed by atoms with van der Waals surface area (Å²) < 4.78 is 6.15. The van der Waals surface area contributed by atoms with Crippen LogP contribution in [0.2, 0.25) is 0 Å². The summed E-state index contributed by atoms with van der Waals surface area (Å²) in [6, 6.07) is 0. The minimum absolute atomic E-state index is 0.0579. The Balaban J connectivity index is 2.50. The third-order valence-corrected chi connectivity index (χ3v) is 5.32. The molecule has 1 aromatic heterocycles. The van der Waals surface area contributed by atoms with Crippen molar-refractivity contribution in [2.45, 2.75) is 45.3 Å². The fraction of sp³-hybridized carbons (Fsp3) is 0.389. The summed E-state index contributed by atoms with van der Waals surface area (Å²) in [6.45, 7) is 14.8. The van der Waals surface area contributed by atoms with Crippen LogP contribution in [0, 0.1) is 0 Å². The van der Waals surface area contributed by atoms with Crippen molar-refractivity contribution < 1.29 is 14.3 Å². The fourth-order valence-corrected chi connectivity index (χ4v) is 4.40. The molecule has 26 heavy (non-hydrogen) atoms. The van der Waals surface area contributed by atoms with E-state index in [1.165, 1.54) is 23.6 Å². The average Bonchev–Trinajstić information content (AvgIpc) is 2.84. The van der Waals surface area contributed by atoms with Crippen molar-refractivity contribution >= 4 is 33.9 Å². The van der Waals surface area contributed by atoms with Crippen molar-refractivity contribution in [1.82, 2.24) is 5.43 Å². The lowest BCUT2D eigenvalue weighted by atomic mass is 9.86. The van der Waals surface area contributed by atoms with Crippen LogP contribution in [0.4, 0.5) is 5.00 Å². The minimum Gasteiger partial charge on any atom is -0.365 e. The lowest BCUT2D eigenvalue weighted by molar-refractivity contribution is -0.135. The Bertz CT molecular complexity index is 806. The van der Waals surface area contributed by atoms with Gasteiger partial charge < -0.3 is 15.8 Å². The van der Waals surface area contributed by atoms with Gasteiger partial charge in [0.05, 0.1) is 16.8 Å². The van der Waals surface area contributed by atoms with E-state index in [-0.39, 0.29) is 5.71 Å². The number of anilines is 1. The van der Waals surface area contributed by atoms with Crippen molar-refractivity contribution in [1.29, 1.82) is 0 Å². The molecule has 0 fully saturated rings. The molecular weight excluding hydrogens is 352 g/mol. The van der Waals surface area contributed by atoms with Gasteiger partial charge in [-0.15, -0.1) is 11.3 Å². The van der Waals surface area contributed by atoms with Crippen LogP contribution in [0.5, 0.6) is 0 Å². The SMILES string of the molecule is C=CN/N=C(\C=C)C(=O)Nc1sc2c(c1C(N)=O)CC(C)(C)OC2(C)C. The fourth-order valence-electron chi connectivity index (χ4n) is 3.14. The molecule has 4 N–H and O–H groups in total. The molecule has 2 rings (SSSR count). The molecule has 0 saturated carbocycles. The number of hydrogen-bond acceptors (Lipinski definition) is 6. The Kier molecular flexibility index (Phi) is 5.39. The van der Waals surface area contributed by atoms with Crippen molar-refractivity contribution in [2.75, 3.05) is 5.32 Å². The number of nitrogens with two attached hydrogens (primary N) is 1. The van der Waals surface area contributed by atoms with Gasteiger partial charge in [-0.05, 0) is 39.3 Å². The summed E-state index contributed by atoms with van der Waals surface area (Å²) in [6.07, 6.45) is 3.16. The number of thiophene rings is 1. The summed E-state index contributed by atoms with van der Waals surface area (Å²) in [5.74, 6) is -1.10. The maximum atomic E-state index is 12.5. The minimum atomic E-state index is -0.603. The quantitative estimate of drug-likeness (QED) is 0.524. The van der Waals surface area contributed by atoms with Gasteiger partial charge in [-0.3, -0.25) is 15.0 Å². The van der Waals surface area contributed by atoms with Crippen molar-refractivity contribution in [3.63, 3.8) is 0 Å². The van der Waals surface area contributed by atoms with Gasteiger partial charge in [-0.2, -0.15) is 5.10 Å². The van der Waals surface area contributed by atoms with Gasteiger partial charge in [0, 0.05) is 17.5 Å². The smallest absolute Gasteiger partial charge is 0.276 e. The first-order valence-corrected chi connectivity index (χ1v) is 8.88. The third kappa shape index (κ3) is 3.86. The summed E-state index contributed by atoms with van der Waals surface area (Å²) in [5.41, 5.74) is 8.26. The van der Waals surface area contributed by atoms with Crippen LogP contribution in [-0.2, 0) is 21.6 Å². The number of ether oxygens (including phenoxy) is 1. The van der Waals surface area contributed by atoms with Crippen LogP contribution in [0.25, 0.3) is 0 Å². The van der Waals surface area contributed by atoms with E-state index in [1.807, 2.05) is 27.7 Å². The Labute approximate surface area is 157 Å². The monoisotopic (exact) mass is 376 g/mol. The number of hydrazone groups is 1. The molecule has 0 radical (unpaired) electrons. The second-order valence-electron chi connectivity index (χ2n) is 7.02. The van der Waals surface area contributed by atoms with Crippen molar-refractivity contribution in [2.24, 2.45) is 10.8 Å². The predicted octanol–water partition coefficient (Wildman–Crippen LogP) is 2.65. The zero-order valence-corrected chi connectivity index (χ0v) is 16.3. The summed E-state index contributed by atoms with van der Waals surface area (Å²) >= 11 is 1.29. The number of nitrogens with zero attached hydrogens (tertiary/aromatic N) is 1. The number of nitrogens with one attached hydrogen (secondary N) is 2. The number of primary amides is 1. The molecular formula is C18H24N4O3S. The highest BCUT2D eigenvalue weighted by atomic mass is 32.1. The first-order chi connectivity index (χ1) is 12.0. The highest BCUT2D eigenvalue weighted by Gasteiger charge is 2.42. The van der Waals surface area contributed by atoms with Gasteiger partial charge in [-0.25, -0.2) is 0 Å². The van der Waals surface area contributed by atoms with Gasteiger partial charge in [0.25, 0.3) is 11.8 Å². The maximum absolute atomic E-state index is 12.5. The van der Waals surface area contributed by atoms with Crippen LogP contribution < -0.4 is 16.5 Å². The number of hydrogen-bond donors (Lipinski definition) is 3. The molecule has 0 aromatic carbocycles. The molecule has 0 atom stereocenters. The molecule has 0 bridgehead atoms. The van der Waals surface area contributed by atoms with Gasteiger partial charge in [0.1, 0.15) is 10.7 Å². The first-order valence-electron chi connectivity index (χ1n) is 8.06. The Morgan fingerprint density at radius 3 is 2.50 bits per heavy atom. The Morgan fingerprint density at radius 2 is 1.96 bits per heavy atom. The molecule has 140 valence electrons. The maximum Gasteiger partial charge on any atom is 0.276 e. The van der Waals surface area contributed by atoms with Crippen LogP contribution in [0.1, 0.15) is 48.5 Å². The van der Waals surface area contributed by atoms with Crippen molar-refractivity contribution in [3.05, 3.63) is 41.4 Å². The molecule has 2 amide bonds. The number of carbonyl (C=O) groups is 2. The van der Waals surface area contributed by atoms with E-state index in [0.717, 1.165) is 10.4 Å². The number of amides is 2. The van der Waals surface area contributed by atoms with E-state index < -0.39 is 23.0 Å². The normalized spacial score (nSPS) is 17.8. The second-order valence-corrected chi connectivity index (χ2v) is 8.04. The van der Waals surface area contributed by atoms with Crippen LogP contribution in [0.3, 0.4) is 0 Å². The second kappa shape index (κ2) is 7.05. The molecule has 0 unspecified atom stereocenters. The lowest BCUT2D eigenvalue weighted by Gasteiger charge is -2.41. The van der Waals surface area contributed by atoms with Gasteiger partial charge >= 0.3 is 0 Å². The van der Waals surface area contributed by atoms with E-state index in [9.17, 15) is 9.59 Å². The average molecular weight is 376 g/mol. The molecule has 0 aliphatic carbocycles. The molecule has 1 aromatic rings. The van der Waals surface area contributed by atoms with E-state index in [1.54, 1.807) is 0 Å². The molecule has 2 heterocycles. The zero-order chi connectivity index (χ0) is 19.7. The highest BCUT2D eigenvalue weighted by Crippen LogP contribution is 2.48. The van der Waals surface area contributed by atoms with E-state index in [0.29, 0.717) is 17.0 Å². The van der Waals surface area contributed by atoms with Crippen LogP contribution >= 0.6 is 11.3 Å². The van der Waals surface area contributed by atoms with Gasteiger partial charge in [0.15, 0.2) is 0 Å². The lowest BCUT2D eigenvalue weighted by Crippen LogP contribution is -2.42. The van der Waals surface area contributed by atoms with Crippen molar-refractivity contribution in [3.8, 4) is 0 Å². The largest absolute Gasteiger partial charge is 0.365 e. The van der Waals surface area contributed by atoms with E-state index in [4.69, 9.17) is 10.5 Å². The molecule has 0 saturated heterocycles. The summed E-state index contributed by atoms with van der Waals surface area (Å²) in [4.78, 5) is 25.5. The molecule has 1 aliphatic heterocycles.